The minimum absolute atomic E-state index is 0.0296. The van der Waals surface area contributed by atoms with Gasteiger partial charge >= 0.3 is 12.1 Å². The highest BCUT2D eigenvalue weighted by molar-refractivity contribution is 6.31. The van der Waals surface area contributed by atoms with Gasteiger partial charge in [0.25, 0.3) is 5.91 Å². The fraction of sp³-hybridized carbons (Fsp3) is 0.111. The van der Waals surface area contributed by atoms with E-state index in [0.29, 0.717) is 0 Å². The quantitative estimate of drug-likeness (QED) is 0.722. The SMILES string of the molecule is CC(=Cc1ccccc1C(F)(F)F)C(=O)Nc1cc(Cl)ccc1C(=O)O. The maximum atomic E-state index is 13.0. The maximum Gasteiger partial charge on any atom is 0.416 e. The Labute approximate surface area is 151 Å². The number of aromatic carboxylic acids is 1. The summed E-state index contributed by atoms with van der Waals surface area (Å²) in [6.45, 7) is 1.33. The van der Waals surface area contributed by atoms with Crippen molar-refractivity contribution in [2.45, 2.75) is 13.1 Å². The van der Waals surface area contributed by atoms with E-state index in [1.807, 2.05) is 0 Å². The second-order valence-electron chi connectivity index (χ2n) is 5.36. The van der Waals surface area contributed by atoms with Crippen LogP contribution in [0.4, 0.5) is 18.9 Å². The van der Waals surface area contributed by atoms with E-state index in [-0.39, 0.29) is 27.4 Å². The van der Waals surface area contributed by atoms with Gasteiger partial charge in [-0.2, -0.15) is 13.2 Å². The van der Waals surface area contributed by atoms with E-state index < -0.39 is 23.6 Å². The standard InChI is InChI=1S/C18H13ClF3NO3/c1-10(8-11-4-2-3-5-14(11)18(20,21)22)16(24)23-15-9-12(19)6-7-13(15)17(25)26/h2-9H,1H3,(H,23,24)(H,25,26). The van der Waals surface area contributed by atoms with E-state index in [9.17, 15) is 22.8 Å². The number of carbonyl (C=O) groups excluding carboxylic acids is 1. The summed E-state index contributed by atoms with van der Waals surface area (Å²) in [5.74, 6) is -2.02. The highest BCUT2D eigenvalue weighted by Gasteiger charge is 2.32. The number of nitrogens with one attached hydrogen (secondary N) is 1. The summed E-state index contributed by atoms with van der Waals surface area (Å²) in [5, 5.41) is 11.7. The zero-order valence-electron chi connectivity index (χ0n) is 13.4. The monoisotopic (exact) mass is 383 g/mol. The Morgan fingerprint density at radius 3 is 2.42 bits per heavy atom. The molecule has 2 aromatic rings. The van der Waals surface area contributed by atoms with Crippen molar-refractivity contribution in [3.63, 3.8) is 0 Å². The first-order chi connectivity index (χ1) is 12.1. The molecule has 2 rings (SSSR count). The molecule has 0 saturated heterocycles. The van der Waals surface area contributed by atoms with Crippen LogP contribution in [0, 0.1) is 0 Å². The number of amides is 1. The molecule has 0 aliphatic rings. The van der Waals surface area contributed by atoms with Crippen LogP contribution in [0.5, 0.6) is 0 Å². The van der Waals surface area contributed by atoms with Gasteiger partial charge in [-0.05, 0) is 42.8 Å². The highest BCUT2D eigenvalue weighted by Crippen LogP contribution is 2.33. The van der Waals surface area contributed by atoms with Crippen molar-refractivity contribution in [1.29, 1.82) is 0 Å². The molecule has 2 aromatic carbocycles. The third-order valence-corrected chi connectivity index (χ3v) is 3.69. The molecule has 1 amide bonds. The second-order valence-corrected chi connectivity index (χ2v) is 5.80. The molecule has 0 aromatic heterocycles. The number of carbonyl (C=O) groups is 2. The van der Waals surface area contributed by atoms with E-state index in [0.717, 1.165) is 12.1 Å². The van der Waals surface area contributed by atoms with Crippen molar-refractivity contribution in [2.75, 3.05) is 5.32 Å². The number of hydrogen-bond acceptors (Lipinski definition) is 2. The summed E-state index contributed by atoms with van der Waals surface area (Å²) in [7, 11) is 0. The summed E-state index contributed by atoms with van der Waals surface area (Å²) in [4.78, 5) is 23.5. The molecule has 0 heterocycles. The zero-order valence-corrected chi connectivity index (χ0v) is 14.2. The van der Waals surface area contributed by atoms with Crippen molar-refractivity contribution >= 4 is 35.2 Å². The fourth-order valence-electron chi connectivity index (χ4n) is 2.21. The van der Waals surface area contributed by atoms with Crippen molar-refractivity contribution in [3.05, 3.63) is 69.8 Å². The molecule has 0 atom stereocenters. The van der Waals surface area contributed by atoms with Gasteiger partial charge in [-0.15, -0.1) is 0 Å². The number of anilines is 1. The molecular formula is C18H13ClF3NO3. The normalized spacial score (nSPS) is 12.0. The Balaban J connectivity index is 2.34. The van der Waals surface area contributed by atoms with Crippen LogP contribution in [0.1, 0.15) is 28.4 Å². The minimum Gasteiger partial charge on any atom is -0.478 e. The number of benzene rings is 2. The summed E-state index contributed by atoms with van der Waals surface area (Å²) in [6.07, 6.45) is -3.48. The predicted molar refractivity (Wildman–Crippen MR) is 92.1 cm³/mol. The van der Waals surface area contributed by atoms with Gasteiger partial charge in [-0.25, -0.2) is 4.79 Å². The van der Waals surface area contributed by atoms with Crippen LogP contribution < -0.4 is 5.32 Å². The molecular weight excluding hydrogens is 371 g/mol. The van der Waals surface area contributed by atoms with Gasteiger partial charge in [0.1, 0.15) is 0 Å². The lowest BCUT2D eigenvalue weighted by Crippen LogP contribution is -2.16. The van der Waals surface area contributed by atoms with Gasteiger partial charge in [0.15, 0.2) is 0 Å². The Morgan fingerprint density at radius 1 is 1.15 bits per heavy atom. The van der Waals surface area contributed by atoms with E-state index in [1.165, 1.54) is 43.3 Å². The van der Waals surface area contributed by atoms with Crippen LogP contribution in [-0.4, -0.2) is 17.0 Å². The Bertz CT molecular complexity index is 891. The Morgan fingerprint density at radius 2 is 1.81 bits per heavy atom. The van der Waals surface area contributed by atoms with Crippen molar-refractivity contribution in [2.24, 2.45) is 0 Å². The smallest absolute Gasteiger partial charge is 0.416 e. The molecule has 2 N–H and O–H groups in total. The maximum absolute atomic E-state index is 13.0. The average Bonchev–Trinajstić information content (AvgIpc) is 2.54. The molecule has 0 aliphatic heterocycles. The van der Waals surface area contributed by atoms with E-state index in [2.05, 4.69) is 5.32 Å². The van der Waals surface area contributed by atoms with Crippen molar-refractivity contribution in [3.8, 4) is 0 Å². The molecule has 0 aliphatic carbocycles. The number of rotatable bonds is 4. The van der Waals surface area contributed by atoms with Crippen LogP contribution in [0.3, 0.4) is 0 Å². The number of alkyl halides is 3. The lowest BCUT2D eigenvalue weighted by molar-refractivity contribution is -0.137. The van der Waals surface area contributed by atoms with E-state index in [4.69, 9.17) is 16.7 Å². The lowest BCUT2D eigenvalue weighted by atomic mass is 10.0. The Hall–Kier alpha value is -2.80. The van der Waals surface area contributed by atoms with Crippen molar-refractivity contribution in [1.82, 2.24) is 0 Å². The number of hydrogen-bond donors (Lipinski definition) is 2. The van der Waals surface area contributed by atoms with Crippen LogP contribution in [0.2, 0.25) is 5.02 Å². The third kappa shape index (κ3) is 4.64. The van der Waals surface area contributed by atoms with E-state index >= 15 is 0 Å². The first-order valence-corrected chi connectivity index (χ1v) is 7.66. The molecule has 0 saturated carbocycles. The van der Waals surface area contributed by atoms with Crippen molar-refractivity contribution < 1.29 is 27.9 Å². The average molecular weight is 384 g/mol. The fourth-order valence-corrected chi connectivity index (χ4v) is 2.38. The Kier molecular flexibility index (Phi) is 5.72. The zero-order chi connectivity index (χ0) is 19.5. The number of halogens is 4. The largest absolute Gasteiger partial charge is 0.478 e. The topological polar surface area (TPSA) is 66.4 Å². The molecule has 0 fully saturated rings. The van der Waals surface area contributed by atoms with Gasteiger partial charge in [-0.1, -0.05) is 29.8 Å². The number of carboxylic acids is 1. The summed E-state index contributed by atoms with van der Waals surface area (Å²) in [5.41, 5.74) is -1.31. The molecule has 4 nitrogen and oxygen atoms in total. The molecule has 136 valence electrons. The van der Waals surface area contributed by atoms with Crippen LogP contribution >= 0.6 is 11.6 Å². The summed E-state index contributed by atoms with van der Waals surface area (Å²) < 4.78 is 39.1. The molecule has 0 spiro atoms. The van der Waals surface area contributed by atoms with Gasteiger partial charge in [0.2, 0.25) is 0 Å². The lowest BCUT2D eigenvalue weighted by Gasteiger charge is -2.12. The summed E-state index contributed by atoms with van der Waals surface area (Å²) >= 11 is 5.80. The van der Waals surface area contributed by atoms with Gasteiger partial charge < -0.3 is 10.4 Å². The van der Waals surface area contributed by atoms with Gasteiger partial charge in [-0.3, -0.25) is 4.79 Å². The second kappa shape index (κ2) is 7.61. The molecule has 26 heavy (non-hydrogen) atoms. The third-order valence-electron chi connectivity index (χ3n) is 3.46. The first kappa shape index (κ1) is 19.5. The number of carboxylic acid groups (broad SMARTS) is 1. The molecule has 0 unspecified atom stereocenters. The van der Waals surface area contributed by atoms with Crippen LogP contribution in [0.15, 0.2) is 48.0 Å². The molecule has 0 bridgehead atoms. The van der Waals surface area contributed by atoms with E-state index in [1.54, 1.807) is 0 Å². The minimum atomic E-state index is -4.56. The highest BCUT2D eigenvalue weighted by atomic mass is 35.5. The predicted octanol–water partition coefficient (Wildman–Crippen LogP) is 5.10. The van der Waals surface area contributed by atoms with Gasteiger partial charge in [0.05, 0.1) is 16.8 Å². The van der Waals surface area contributed by atoms with Gasteiger partial charge in [0, 0.05) is 10.6 Å². The molecule has 0 radical (unpaired) electrons. The summed E-state index contributed by atoms with van der Waals surface area (Å²) in [6, 6.07) is 8.64. The molecule has 8 heteroatoms. The van der Waals surface area contributed by atoms with Crippen LogP contribution in [-0.2, 0) is 11.0 Å². The first-order valence-electron chi connectivity index (χ1n) is 7.28. The van der Waals surface area contributed by atoms with Crippen LogP contribution in [0.25, 0.3) is 6.08 Å².